The summed E-state index contributed by atoms with van der Waals surface area (Å²) in [4.78, 5) is 16.8. The van der Waals surface area contributed by atoms with Crippen LogP contribution in [0.25, 0.3) is 0 Å². The molecule has 0 radical (unpaired) electrons. The highest BCUT2D eigenvalue weighted by atomic mass is 16.5. The lowest BCUT2D eigenvalue weighted by atomic mass is 9.82. The van der Waals surface area contributed by atoms with E-state index in [2.05, 4.69) is 10.1 Å². The minimum atomic E-state index is -0.243. The average molecular weight is 314 g/mol. The smallest absolute Gasteiger partial charge is 0.227 e. The van der Waals surface area contributed by atoms with Gasteiger partial charge in [0.15, 0.2) is 5.78 Å². The number of hydrogen-bond acceptors (Lipinski definition) is 5. The van der Waals surface area contributed by atoms with Gasteiger partial charge in [-0.05, 0) is 18.3 Å². The summed E-state index contributed by atoms with van der Waals surface area (Å²) in [6.45, 7) is 4.85. The number of carbonyl (C=O) groups is 1. The zero-order chi connectivity index (χ0) is 16.3. The molecule has 0 N–H and O–H groups in total. The van der Waals surface area contributed by atoms with Gasteiger partial charge in [-0.2, -0.15) is 4.98 Å². The molecule has 1 aromatic heterocycles. The Bertz CT molecular complexity index is 658. The van der Waals surface area contributed by atoms with Crippen molar-refractivity contribution in [3.8, 4) is 0 Å². The van der Waals surface area contributed by atoms with Crippen LogP contribution in [0.4, 0.5) is 0 Å². The van der Waals surface area contributed by atoms with E-state index in [-0.39, 0.29) is 17.3 Å². The SMILES string of the molecule is CC(C)(CC(=O)c1ccccc1)Cc1nc([C@H]2CCCO2)no1. The van der Waals surface area contributed by atoms with Crippen LogP contribution < -0.4 is 0 Å². The van der Waals surface area contributed by atoms with Crippen LogP contribution in [-0.2, 0) is 11.2 Å². The van der Waals surface area contributed by atoms with Gasteiger partial charge in [0.1, 0.15) is 6.10 Å². The summed E-state index contributed by atoms with van der Waals surface area (Å²) in [5.41, 5.74) is 0.499. The minimum Gasteiger partial charge on any atom is -0.370 e. The van der Waals surface area contributed by atoms with Crippen LogP contribution >= 0.6 is 0 Å². The van der Waals surface area contributed by atoms with E-state index in [1.165, 1.54) is 0 Å². The van der Waals surface area contributed by atoms with Crippen molar-refractivity contribution in [2.24, 2.45) is 5.41 Å². The van der Waals surface area contributed by atoms with Crippen molar-refractivity contribution in [3.63, 3.8) is 0 Å². The molecule has 0 bridgehead atoms. The van der Waals surface area contributed by atoms with Crippen molar-refractivity contribution < 1.29 is 14.1 Å². The summed E-state index contributed by atoms with van der Waals surface area (Å²) in [5, 5.41) is 4.02. The van der Waals surface area contributed by atoms with Gasteiger partial charge >= 0.3 is 0 Å². The fourth-order valence-corrected chi connectivity index (χ4v) is 2.88. The van der Waals surface area contributed by atoms with Gasteiger partial charge < -0.3 is 9.26 Å². The predicted octanol–water partition coefficient (Wildman–Crippen LogP) is 3.76. The number of ether oxygens (including phenoxy) is 1. The van der Waals surface area contributed by atoms with Gasteiger partial charge in [0.2, 0.25) is 11.7 Å². The Morgan fingerprint density at radius 1 is 1.30 bits per heavy atom. The molecule has 0 saturated carbocycles. The van der Waals surface area contributed by atoms with E-state index in [9.17, 15) is 4.79 Å². The third-order valence-corrected chi connectivity index (χ3v) is 4.07. The molecule has 0 aliphatic carbocycles. The van der Waals surface area contributed by atoms with Crippen LogP contribution in [0.15, 0.2) is 34.9 Å². The fraction of sp³-hybridized carbons (Fsp3) is 0.500. The van der Waals surface area contributed by atoms with Gasteiger partial charge in [0.05, 0.1) is 0 Å². The van der Waals surface area contributed by atoms with Crippen LogP contribution in [0.2, 0.25) is 0 Å². The van der Waals surface area contributed by atoms with Gasteiger partial charge in [0.25, 0.3) is 0 Å². The number of aromatic nitrogens is 2. The second-order valence-electron chi connectivity index (χ2n) is 6.85. The summed E-state index contributed by atoms with van der Waals surface area (Å²) in [5.74, 6) is 1.33. The number of nitrogens with zero attached hydrogens (tertiary/aromatic N) is 2. The molecule has 1 aliphatic heterocycles. The van der Waals surface area contributed by atoms with Gasteiger partial charge in [-0.25, -0.2) is 0 Å². The molecular weight excluding hydrogens is 292 g/mol. The van der Waals surface area contributed by atoms with Crippen LogP contribution in [0.3, 0.4) is 0 Å². The van der Waals surface area contributed by atoms with Crippen molar-refractivity contribution in [3.05, 3.63) is 47.6 Å². The molecule has 0 amide bonds. The minimum absolute atomic E-state index is 0.0402. The number of ketones is 1. The van der Waals surface area contributed by atoms with E-state index >= 15 is 0 Å². The van der Waals surface area contributed by atoms with E-state index < -0.39 is 0 Å². The van der Waals surface area contributed by atoms with E-state index in [0.717, 1.165) is 25.0 Å². The van der Waals surface area contributed by atoms with E-state index in [0.29, 0.717) is 24.6 Å². The molecular formula is C18H22N2O3. The largest absolute Gasteiger partial charge is 0.370 e. The van der Waals surface area contributed by atoms with Crippen molar-refractivity contribution in [1.82, 2.24) is 10.1 Å². The molecule has 122 valence electrons. The average Bonchev–Trinajstić information content (AvgIpc) is 3.18. The number of benzene rings is 1. The summed E-state index contributed by atoms with van der Waals surface area (Å²) in [6, 6.07) is 9.37. The fourth-order valence-electron chi connectivity index (χ4n) is 2.88. The van der Waals surface area contributed by atoms with Crippen molar-refractivity contribution in [2.75, 3.05) is 6.61 Å². The first-order valence-corrected chi connectivity index (χ1v) is 8.06. The van der Waals surface area contributed by atoms with E-state index in [1.54, 1.807) is 0 Å². The molecule has 1 aromatic carbocycles. The Kier molecular flexibility index (Phi) is 4.57. The first-order chi connectivity index (χ1) is 11.0. The maximum absolute atomic E-state index is 12.4. The second kappa shape index (κ2) is 6.62. The number of Topliss-reactive ketones (excluding diaryl/α,β-unsaturated/α-hetero) is 1. The van der Waals surface area contributed by atoms with E-state index in [1.807, 2.05) is 44.2 Å². The van der Waals surface area contributed by atoms with Crippen molar-refractivity contribution in [1.29, 1.82) is 0 Å². The molecule has 23 heavy (non-hydrogen) atoms. The zero-order valence-corrected chi connectivity index (χ0v) is 13.6. The number of carbonyl (C=O) groups excluding carboxylic acids is 1. The highest BCUT2D eigenvalue weighted by Crippen LogP contribution is 2.30. The molecule has 1 saturated heterocycles. The quantitative estimate of drug-likeness (QED) is 0.759. The lowest BCUT2D eigenvalue weighted by Crippen LogP contribution is -2.20. The lowest BCUT2D eigenvalue weighted by Gasteiger charge is -2.21. The number of rotatable bonds is 6. The summed E-state index contributed by atoms with van der Waals surface area (Å²) < 4.78 is 10.9. The lowest BCUT2D eigenvalue weighted by molar-refractivity contribution is 0.0926. The Morgan fingerprint density at radius 2 is 2.09 bits per heavy atom. The van der Waals surface area contributed by atoms with Gasteiger partial charge in [-0.3, -0.25) is 4.79 Å². The molecule has 3 rings (SSSR count). The van der Waals surface area contributed by atoms with Crippen LogP contribution in [0.5, 0.6) is 0 Å². The third kappa shape index (κ3) is 4.05. The zero-order valence-electron chi connectivity index (χ0n) is 13.6. The predicted molar refractivity (Wildman–Crippen MR) is 85.1 cm³/mol. The molecule has 2 aromatic rings. The molecule has 2 heterocycles. The molecule has 1 fully saturated rings. The Balaban J connectivity index is 1.63. The number of hydrogen-bond donors (Lipinski definition) is 0. The van der Waals surface area contributed by atoms with Crippen LogP contribution in [-0.4, -0.2) is 22.5 Å². The normalized spacial score (nSPS) is 18.3. The van der Waals surface area contributed by atoms with Crippen LogP contribution in [0, 0.1) is 5.41 Å². The molecule has 5 nitrogen and oxygen atoms in total. The van der Waals surface area contributed by atoms with E-state index in [4.69, 9.17) is 9.26 Å². The first kappa shape index (κ1) is 15.9. The van der Waals surface area contributed by atoms with Crippen molar-refractivity contribution >= 4 is 5.78 Å². The molecule has 0 unspecified atom stereocenters. The maximum Gasteiger partial charge on any atom is 0.227 e. The summed E-state index contributed by atoms with van der Waals surface area (Å²) in [6.07, 6.45) is 2.95. The maximum atomic E-state index is 12.4. The summed E-state index contributed by atoms with van der Waals surface area (Å²) >= 11 is 0. The Morgan fingerprint density at radius 3 is 2.78 bits per heavy atom. The van der Waals surface area contributed by atoms with Gasteiger partial charge in [-0.15, -0.1) is 0 Å². The first-order valence-electron chi connectivity index (χ1n) is 8.06. The Hall–Kier alpha value is -2.01. The monoisotopic (exact) mass is 314 g/mol. The van der Waals surface area contributed by atoms with Crippen LogP contribution in [0.1, 0.15) is 61.3 Å². The highest BCUT2D eigenvalue weighted by molar-refractivity contribution is 5.96. The topological polar surface area (TPSA) is 65.2 Å². The van der Waals surface area contributed by atoms with Crippen molar-refractivity contribution in [2.45, 2.75) is 45.6 Å². The highest BCUT2D eigenvalue weighted by Gasteiger charge is 2.28. The van der Waals surface area contributed by atoms with Gasteiger partial charge in [0, 0.05) is 25.0 Å². The Labute approximate surface area is 136 Å². The van der Waals surface area contributed by atoms with Gasteiger partial charge in [-0.1, -0.05) is 49.3 Å². The summed E-state index contributed by atoms with van der Waals surface area (Å²) in [7, 11) is 0. The molecule has 0 spiro atoms. The second-order valence-corrected chi connectivity index (χ2v) is 6.85. The molecule has 5 heteroatoms. The molecule has 1 atom stereocenters. The third-order valence-electron chi connectivity index (χ3n) is 4.07. The standard InChI is InChI=1S/C18H22N2O3/c1-18(2,11-14(21)13-7-4-3-5-8-13)12-16-19-17(20-23-16)15-9-6-10-22-15/h3-5,7-8,15H,6,9-12H2,1-2H3/t15-/m1/s1. The molecule has 1 aliphatic rings.